The number of amides is 3. The van der Waals surface area contributed by atoms with Crippen molar-refractivity contribution < 1.29 is 27.4 Å². The van der Waals surface area contributed by atoms with Crippen molar-refractivity contribution in [2.45, 2.75) is 31.2 Å². The number of anilines is 2. The normalized spacial score (nSPS) is 12.0. The van der Waals surface area contributed by atoms with Crippen LogP contribution >= 0.6 is 0 Å². The molecule has 0 radical (unpaired) electrons. The Morgan fingerprint density at radius 1 is 0.953 bits per heavy atom. The highest BCUT2D eigenvalue weighted by Gasteiger charge is 2.15. The molecule has 3 aromatic rings. The molecule has 43 heavy (non-hydrogen) atoms. The molecule has 0 saturated carbocycles. The summed E-state index contributed by atoms with van der Waals surface area (Å²) in [5.74, 6) is -0.470. The SMILES string of the molecule is CC(C)C[C@H](N)C(=O)NNc1ccc(C(=O)NCCNC(=O)c2ccc(NN=Cc3ccccc3S(=O)(=O)O)nc2)cc1. The van der Waals surface area contributed by atoms with Crippen LogP contribution in [-0.2, 0) is 14.9 Å². The van der Waals surface area contributed by atoms with Crippen LogP contribution in [0.15, 0.2) is 76.9 Å². The largest absolute Gasteiger partial charge is 0.350 e. The summed E-state index contributed by atoms with van der Waals surface area (Å²) in [4.78, 5) is 40.6. The van der Waals surface area contributed by atoms with Crippen molar-refractivity contribution in [2.75, 3.05) is 23.9 Å². The van der Waals surface area contributed by atoms with Gasteiger partial charge in [0.25, 0.3) is 27.8 Å². The predicted molar refractivity (Wildman–Crippen MR) is 162 cm³/mol. The first-order valence-electron chi connectivity index (χ1n) is 13.2. The lowest BCUT2D eigenvalue weighted by molar-refractivity contribution is -0.122. The zero-order valence-corrected chi connectivity index (χ0v) is 24.4. The van der Waals surface area contributed by atoms with Gasteiger partial charge in [0.1, 0.15) is 10.7 Å². The summed E-state index contributed by atoms with van der Waals surface area (Å²) >= 11 is 0. The molecular formula is C28H34N8O6S. The third kappa shape index (κ3) is 10.5. The monoisotopic (exact) mass is 610 g/mol. The maximum atomic E-state index is 12.4. The Bertz CT molecular complexity index is 1540. The number of nitrogens with two attached hydrogens (primary N) is 1. The van der Waals surface area contributed by atoms with Gasteiger partial charge in [-0.05, 0) is 54.8 Å². The topological polar surface area (TPSA) is 217 Å². The zero-order chi connectivity index (χ0) is 31.4. The van der Waals surface area contributed by atoms with Crippen LogP contribution in [0.5, 0.6) is 0 Å². The van der Waals surface area contributed by atoms with Crippen LogP contribution < -0.4 is 32.6 Å². The van der Waals surface area contributed by atoms with E-state index < -0.39 is 22.1 Å². The summed E-state index contributed by atoms with van der Waals surface area (Å²) in [7, 11) is -4.40. The molecule has 1 atom stereocenters. The summed E-state index contributed by atoms with van der Waals surface area (Å²) in [6.45, 7) is 4.32. The quantitative estimate of drug-likeness (QED) is 0.0607. The van der Waals surface area contributed by atoms with E-state index in [1.165, 1.54) is 42.7 Å². The van der Waals surface area contributed by atoms with Gasteiger partial charge < -0.3 is 16.4 Å². The fraction of sp³-hybridized carbons (Fsp3) is 0.250. The number of rotatable bonds is 14. The summed E-state index contributed by atoms with van der Waals surface area (Å²) in [6, 6.07) is 14.7. The second-order valence-corrected chi connectivity index (χ2v) is 11.1. The van der Waals surface area contributed by atoms with E-state index >= 15 is 0 Å². The van der Waals surface area contributed by atoms with Gasteiger partial charge >= 0.3 is 0 Å². The highest BCUT2D eigenvalue weighted by atomic mass is 32.2. The molecule has 0 bridgehead atoms. The molecule has 14 nitrogen and oxygen atoms in total. The molecule has 0 aliphatic heterocycles. The van der Waals surface area contributed by atoms with Crippen molar-refractivity contribution in [3.05, 3.63) is 83.6 Å². The van der Waals surface area contributed by atoms with Gasteiger partial charge in [0.05, 0.1) is 23.5 Å². The third-order valence-corrected chi connectivity index (χ3v) is 6.77. The number of aromatic nitrogens is 1. The maximum Gasteiger partial charge on any atom is 0.295 e. The summed E-state index contributed by atoms with van der Waals surface area (Å²) in [5.41, 5.74) is 15.2. The van der Waals surface area contributed by atoms with Crippen molar-refractivity contribution in [3.8, 4) is 0 Å². The molecule has 0 aliphatic rings. The highest BCUT2D eigenvalue weighted by Crippen LogP contribution is 2.13. The van der Waals surface area contributed by atoms with Crippen molar-refractivity contribution in [1.29, 1.82) is 0 Å². The fourth-order valence-electron chi connectivity index (χ4n) is 3.69. The van der Waals surface area contributed by atoms with E-state index in [2.05, 4.69) is 37.0 Å². The fourth-order valence-corrected chi connectivity index (χ4v) is 4.36. The Morgan fingerprint density at radius 2 is 1.58 bits per heavy atom. The van der Waals surface area contributed by atoms with Gasteiger partial charge in [-0.3, -0.25) is 35.2 Å². The van der Waals surface area contributed by atoms with Crippen LogP contribution in [0.25, 0.3) is 0 Å². The number of nitrogens with zero attached hydrogens (tertiary/aromatic N) is 2. The average molecular weight is 611 g/mol. The Labute approximate surface area is 249 Å². The van der Waals surface area contributed by atoms with Crippen LogP contribution in [0, 0.1) is 5.92 Å². The van der Waals surface area contributed by atoms with Gasteiger partial charge in [-0.15, -0.1) is 0 Å². The van der Waals surface area contributed by atoms with E-state index in [0.717, 1.165) is 0 Å². The van der Waals surface area contributed by atoms with Crippen molar-refractivity contribution >= 4 is 45.6 Å². The van der Waals surface area contributed by atoms with E-state index in [0.29, 0.717) is 29.4 Å². The number of benzene rings is 2. The van der Waals surface area contributed by atoms with E-state index in [1.807, 2.05) is 13.8 Å². The Hall–Kier alpha value is -4.86. The average Bonchev–Trinajstić information content (AvgIpc) is 2.98. The smallest absolute Gasteiger partial charge is 0.295 e. The molecule has 8 N–H and O–H groups in total. The van der Waals surface area contributed by atoms with Crippen LogP contribution in [0.4, 0.5) is 11.5 Å². The lowest BCUT2D eigenvalue weighted by Gasteiger charge is -2.15. The molecule has 1 heterocycles. The molecule has 228 valence electrons. The molecule has 0 saturated heterocycles. The van der Waals surface area contributed by atoms with E-state index in [9.17, 15) is 27.4 Å². The number of nitrogens with one attached hydrogen (secondary N) is 5. The molecule has 0 spiro atoms. The second kappa shape index (κ2) is 15.4. The van der Waals surface area contributed by atoms with Crippen LogP contribution in [0.2, 0.25) is 0 Å². The number of hydrogen-bond donors (Lipinski definition) is 7. The summed E-state index contributed by atoms with van der Waals surface area (Å²) in [5, 5.41) is 9.31. The maximum absolute atomic E-state index is 12.4. The first kappa shape index (κ1) is 32.7. The number of carbonyl (C=O) groups excluding carboxylic acids is 3. The third-order valence-electron chi connectivity index (χ3n) is 5.84. The Kier molecular flexibility index (Phi) is 11.7. The molecule has 0 unspecified atom stereocenters. The van der Waals surface area contributed by atoms with Gasteiger partial charge in [-0.2, -0.15) is 13.5 Å². The minimum absolute atomic E-state index is 0.171. The van der Waals surface area contributed by atoms with Crippen LogP contribution in [-0.4, -0.2) is 61.0 Å². The minimum atomic E-state index is -4.40. The lowest BCUT2D eigenvalue weighted by Crippen LogP contribution is -2.43. The molecule has 3 rings (SSSR count). The summed E-state index contributed by atoms with van der Waals surface area (Å²) in [6.07, 6.45) is 3.11. The minimum Gasteiger partial charge on any atom is -0.350 e. The number of carbonyl (C=O) groups is 3. The molecule has 3 amide bonds. The van der Waals surface area contributed by atoms with Gasteiger partial charge in [0.2, 0.25) is 0 Å². The van der Waals surface area contributed by atoms with Crippen molar-refractivity contribution in [3.63, 3.8) is 0 Å². The van der Waals surface area contributed by atoms with Gasteiger partial charge in [-0.25, -0.2) is 4.98 Å². The molecular weight excluding hydrogens is 576 g/mol. The Morgan fingerprint density at radius 3 is 2.19 bits per heavy atom. The van der Waals surface area contributed by atoms with Crippen LogP contribution in [0.3, 0.4) is 0 Å². The Balaban J connectivity index is 1.39. The highest BCUT2D eigenvalue weighted by molar-refractivity contribution is 7.86. The first-order valence-corrected chi connectivity index (χ1v) is 14.7. The number of hydrogen-bond acceptors (Lipinski definition) is 10. The van der Waals surface area contributed by atoms with Gasteiger partial charge in [0, 0.05) is 30.4 Å². The van der Waals surface area contributed by atoms with Gasteiger partial charge in [0.15, 0.2) is 0 Å². The summed E-state index contributed by atoms with van der Waals surface area (Å²) < 4.78 is 32.2. The van der Waals surface area contributed by atoms with Gasteiger partial charge in [-0.1, -0.05) is 32.0 Å². The predicted octanol–water partition coefficient (Wildman–Crippen LogP) is 1.75. The molecule has 0 aliphatic carbocycles. The molecule has 2 aromatic carbocycles. The second-order valence-electron chi connectivity index (χ2n) is 9.75. The van der Waals surface area contributed by atoms with E-state index in [4.69, 9.17) is 5.73 Å². The van der Waals surface area contributed by atoms with Crippen molar-refractivity contribution in [1.82, 2.24) is 21.0 Å². The zero-order valence-electron chi connectivity index (χ0n) is 23.6. The number of hydrazone groups is 1. The van der Waals surface area contributed by atoms with E-state index in [-0.39, 0.29) is 40.9 Å². The number of pyridine rings is 1. The standard InChI is InChI=1S/C28H34N8O6S/c1-18(2)15-23(29)28(39)36-34-22-10-7-19(8-11-22)26(37)30-13-14-31-27(38)21-9-12-25(32-16-21)35-33-17-20-5-3-4-6-24(20)43(40,41)42/h3-12,16-18,23,34H,13-15,29H2,1-2H3,(H,30,37)(H,31,38)(H,32,35)(H,36,39)(H,40,41,42)/t23-/m0/s1. The molecule has 0 fully saturated rings. The first-order chi connectivity index (χ1) is 20.4. The lowest BCUT2D eigenvalue weighted by atomic mass is 10.0. The molecule has 1 aromatic heterocycles. The van der Waals surface area contributed by atoms with Crippen LogP contribution in [0.1, 0.15) is 46.5 Å². The van der Waals surface area contributed by atoms with E-state index in [1.54, 1.807) is 30.3 Å². The molecule has 15 heteroatoms. The van der Waals surface area contributed by atoms with Crippen molar-refractivity contribution in [2.24, 2.45) is 16.8 Å². The number of hydrazine groups is 1.